The summed E-state index contributed by atoms with van der Waals surface area (Å²) < 4.78 is 34.4. The van der Waals surface area contributed by atoms with E-state index in [-0.39, 0.29) is 12.4 Å². The third kappa shape index (κ3) is 6.04. The summed E-state index contributed by atoms with van der Waals surface area (Å²) in [6.45, 7) is -0.990. The number of hydrogen-bond donors (Lipinski definition) is 1. The van der Waals surface area contributed by atoms with Crippen molar-refractivity contribution in [3.05, 3.63) is 54.1 Å². The van der Waals surface area contributed by atoms with E-state index < -0.39 is 12.5 Å². The highest BCUT2D eigenvalue weighted by Gasteiger charge is 2.09. The number of oxime groups is 1. The lowest BCUT2D eigenvalue weighted by Gasteiger charge is -2.10. The molecule has 0 unspecified atom stereocenters. The number of alkyl halides is 2. The number of rotatable bonds is 9. The largest absolute Gasteiger partial charge is 0.492 e. The smallest absolute Gasteiger partial charge is 0.387 e. The second-order valence-corrected chi connectivity index (χ2v) is 4.90. The van der Waals surface area contributed by atoms with Gasteiger partial charge in [0.15, 0.2) is 6.61 Å². The van der Waals surface area contributed by atoms with E-state index >= 15 is 0 Å². The van der Waals surface area contributed by atoms with Crippen LogP contribution in [0.1, 0.15) is 12.5 Å². The monoisotopic (exact) mass is 364 g/mol. The van der Waals surface area contributed by atoms with Crippen LogP contribution in [0, 0.1) is 0 Å². The fourth-order valence-electron chi connectivity index (χ4n) is 2.02. The van der Waals surface area contributed by atoms with Gasteiger partial charge in [0.25, 0.3) is 5.91 Å². The van der Waals surface area contributed by atoms with Gasteiger partial charge in [-0.1, -0.05) is 29.4 Å². The highest BCUT2D eigenvalue weighted by Crippen LogP contribution is 2.23. The number of nitrogens with zero attached hydrogens (tertiary/aromatic N) is 1. The molecule has 0 aliphatic rings. The third-order valence-corrected chi connectivity index (χ3v) is 3.06. The van der Waals surface area contributed by atoms with Crippen LogP contribution >= 0.6 is 0 Å². The third-order valence-electron chi connectivity index (χ3n) is 3.06. The van der Waals surface area contributed by atoms with Crippen LogP contribution in [0.25, 0.3) is 0 Å². The zero-order chi connectivity index (χ0) is 18.8. The summed E-state index contributed by atoms with van der Waals surface area (Å²) in [6.07, 6.45) is 1.19. The Kier molecular flexibility index (Phi) is 7.35. The topological polar surface area (TPSA) is 69.2 Å². The van der Waals surface area contributed by atoms with E-state index in [0.717, 1.165) is 0 Å². The minimum Gasteiger partial charge on any atom is -0.492 e. The number of halogens is 2. The van der Waals surface area contributed by atoms with Crippen molar-refractivity contribution in [2.24, 2.45) is 5.16 Å². The average molecular weight is 364 g/mol. The maximum Gasteiger partial charge on any atom is 0.387 e. The van der Waals surface area contributed by atoms with Crippen molar-refractivity contribution < 1.29 is 27.9 Å². The normalized spacial score (nSPS) is 10.8. The van der Waals surface area contributed by atoms with Gasteiger partial charge in [0.05, 0.1) is 18.5 Å². The highest BCUT2D eigenvalue weighted by molar-refractivity contribution is 5.93. The summed E-state index contributed by atoms with van der Waals surface area (Å²) in [6, 6.07) is 13.1. The molecule has 0 fully saturated rings. The van der Waals surface area contributed by atoms with Crippen molar-refractivity contribution >= 4 is 17.8 Å². The summed E-state index contributed by atoms with van der Waals surface area (Å²) in [7, 11) is 0. The fourth-order valence-corrected chi connectivity index (χ4v) is 2.02. The molecule has 0 aliphatic heterocycles. The van der Waals surface area contributed by atoms with E-state index in [1.54, 1.807) is 36.4 Å². The molecule has 0 saturated carbocycles. The number of nitrogens with one attached hydrogen (secondary N) is 1. The first-order valence-corrected chi connectivity index (χ1v) is 7.81. The van der Waals surface area contributed by atoms with Gasteiger partial charge >= 0.3 is 6.61 Å². The summed E-state index contributed by atoms with van der Waals surface area (Å²) in [5, 5.41) is 6.25. The molecule has 0 heterocycles. The van der Waals surface area contributed by atoms with Crippen LogP contribution in [0.5, 0.6) is 11.5 Å². The van der Waals surface area contributed by atoms with E-state index in [0.29, 0.717) is 23.6 Å². The number of ether oxygens (including phenoxy) is 2. The number of amides is 1. The van der Waals surface area contributed by atoms with E-state index in [1.165, 1.54) is 18.3 Å². The Morgan fingerprint density at radius 1 is 1.15 bits per heavy atom. The van der Waals surface area contributed by atoms with Gasteiger partial charge in [-0.2, -0.15) is 8.78 Å². The fraction of sp³-hybridized carbons (Fsp3) is 0.222. The van der Waals surface area contributed by atoms with Crippen LogP contribution in [-0.4, -0.2) is 31.9 Å². The molecule has 0 atom stereocenters. The van der Waals surface area contributed by atoms with Gasteiger partial charge in [-0.25, -0.2) is 0 Å². The molecule has 0 saturated heterocycles. The molecule has 2 aromatic rings. The molecule has 2 rings (SSSR count). The van der Waals surface area contributed by atoms with Gasteiger partial charge in [0, 0.05) is 5.56 Å². The molecule has 0 aromatic heterocycles. The second kappa shape index (κ2) is 9.97. The molecule has 2 aromatic carbocycles. The van der Waals surface area contributed by atoms with Gasteiger partial charge in [0.2, 0.25) is 0 Å². The maximum atomic E-state index is 12.3. The Labute approximate surface area is 149 Å². The van der Waals surface area contributed by atoms with Crippen LogP contribution in [-0.2, 0) is 9.63 Å². The van der Waals surface area contributed by atoms with Gasteiger partial charge in [-0.3, -0.25) is 4.79 Å². The molecule has 0 bridgehead atoms. The molecule has 138 valence electrons. The summed E-state index contributed by atoms with van der Waals surface area (Å²) >= 11 is 0. The molecule has 1 amide bonds. The van der Waals surface area contributed by atoms with Crippen molar-refractivity contribution in [1.29, 1.82) is 0 Å². The van der Waals surface area contributed by atoms with Crippen LogP contribution in [0.15, 0.2) is 53.7 Å². The Morgan fingerprint density at radius 2 is 1.85 bits per heavy atom. The Morgan fingerprint density at radius 3 is 2.58 bits per heavy atom. The van der Waals surface area contributed by atoms with Crippen molar-refractivity contribution in [1.82, 2.24) is 0 Å². The number of carbonyl (C=O) groups is 1. The van der Waals surface area contributed by atoms with E-state index in [1.807, 2.05) is 6.92 Å². The quantitative estimate of drug-likeness (QED) is 0.544. The number of benzene rings is 2. The lowest BCUT2D eigenvalue weighted by molar-refractivity contribution is -0.120. The van der Waals surface area contributed by atoms with Crippen molar-refractivity contribution in [2.45, 2.75) is 13.5 Å². The average Bonchev–Trinajstić information content (AvgIpc) is 2.61. The van der Waals surface area contributed by atoms with E-state index in [2.05, 4.69) is 15.2 Å². The molecule has 0 spiro atoms. The molecular formula is C18H18F2N2O4. The van der Waals surface area contributed by atoms with Crippen LogP contribution < -0.4 is 14.8 Å². The number of anilines is 1. The van der Waals surface area contributed by atoms with Gasteiger partial charge in [0.1, 0.15) is 11.5 Å². The zero-order valence-corrected chi connectivity index (χ0v) is 14.0. The summed E-state index contributed by atoms with van der Waals surface area (Å²) in [5.74, 6) is 0.0706. The van der Waals surface area contributed by atoms with E-state index in [4.69, 9.17) is 9.57 Å². The predicted octanol–water partition coefficient (Wildman–Crippen LogP) is 3.68. The van der Waals surface area contributed by atoms with Gasteiger partial charge in [-0.05, 0) is 31.2 Å². The van der Waals surface area contributed by atoms with Crippen LogP contribution in [0.3, 0.4) is 0 Å². The molecule has 26 heavy (non-hydrogen) atoms. The van der Waals surface area contributed by atoms with Crippen LogP contribution in [0.4, 0.5) is 14.5 Å². The van der Waals surface area contributed by atoms with Gasteiger partial charge < -0.3 is 19.6 Å². The van der Waals surface area contributed by atoms with E-state index in [9.17, 15) is 13.6 Å². The standard InChI is InChI=1S/C18H18F2N2O4/c1-2-24-16-10-6-4-8-14(16)22-17(23)12-25-21-11-13-7-3-5-9-15(13)26-18(19)20/h3-11,18H,2,12H2,1H3,(H,22,23)/b21-11+. The molecule has 1 N–H and O–H groups in total. The lowest BCUT2D eigenvalue weighted by atomic mass is 10.2. The SMILES string of the molecule is CCOc1ccccc1NC(=O)CO/N=C/c1ccccc1OC(F)F. The zero-order valence-electron chi connectivity index (χ0n) is 14.0. The Bertz CT molecular complexity index is 753. The first-order chi connectivity index (χ1) is 12.6. The van der Waals surface area contributed by atoms with Gasteiger partial charge in [-0.15, -0.1) is 0 Å². The number of carbonyl (C=O) groups excluding carboxylic acids is 1. The predicted molar refractivity (Wildman–Crippen MR) is 92.9 cm³/mol. The first-order valence-electron chi connectivity index (χ1n) is 7.81. The first kappa shape index (κ1) is 19.2. The summed E-state index contributed by atoms with van der Waals surface area (Å²) in [5.41, 5.74) is 0.817. The minimum atomic E-state index is -2.94. The molecule has 0 aliphatic carbocycles. The van der Waals surface area contributed by atoms with Crippen molar-refractivity contribution in [3.8, 4) is 11.5 Å². The lowest BCUT2D eigenvalue weighted by Crippen LogP contribution is -2.17. The molecule has 6 nitrogen and oxygen atoms in total. The van der Waals surface area contributed by atoms with Crippen LogP contribution in [0.2, 0.25) is 0 Å². The molecule has 8 heteroatoms. The molecular weight excluding hydrogens is 346 g/mol. The van der Waals surface area contributed by atoms with Crippen molar-refractivity contribution in [3.63, 3.8) is 0 Å². The number of hydrogen-bond acceptors (Lipinski definition) is 5. The molecule has 0 radical (unpaired) electrons. The highest BCUT2D eigenvalue weighted by atomic mass is 19.3. The number of para-hydroxylation sites is 3. The van der Waals surface area contributed by atoms with Crippen molar-refractivity contribution in [2.75, 3.05) is 18.5 Å². The minimum absolute atomic E-state index is 0.0371. The Balaban J connectivity index is 1.88. The second-order valence-electron chi connectivity index (χ2n) is 4.90. The maximum absolute atomic E-state index is 12.3. The summed E-state index contributed by atoms with van der Waals surface area (Å²) in [4.78, 5) is 16.8. The Hall–Kier alpha value is -3.16.